The highest BCUT2D eigenvalue weighted by atomic mass is 16.6. The molecule has 0 aromatic heterocycles. The Hall–Kier alpha value is -3.45. The minimum atomic E-state index is -0.419. The van der Waals surface area contributed by atoms with Crippen LogP contribution in [0.3, 0.4) is 0 Å². The lowest BCUT2D eigenvalue weighted by molar-refractivity contribution is -0.384. The second-order valence-electron chi connectivity index (χ2n) is 5.15. The number of nitro benzene ring substituents is 1. The molecule has 0 aliphatic rings. The van der Waals surface area contributed by atoms with Gasteiger partial charge in [0, 0.05) is 23.9 Å². The summed E-state index contributed by atoms with van der Waals surface area (Å²) < 4.78 is 0. The topological polar surface area (TPSA) is 55.5 Å². The fourth-order valence-corrected chi connectivity index (χ4v) is 2.38. The minimum absolute atomic E-state index is 0.0563. The number of non-ortho nitro benzene ring substituents is 1. The molecule has 0 atom stereocenters. The van der Waals surface area contributed by atoms with Crippen LogP contribution < -0.4 is 0 Å². The van der Waals surface area contributed by atoms with Crippen LogP contribution in [0.4, 0.5) is 5.69 Å². The van der Waals surface area contributed by atoms with E-state index in [2.05, 4.69) is 29.0 Å². The zero-order valence-electron chi connectivity index (χ0n) is 12.8. The second kappa shape index (κ2) is 7.21. The maximum atomic E-state index is 10.7. The summed E-state index contributed by atoms with van der Waals surface area (Å²) in [6, 6.07) is 20.5. The summed E-state index contributed by atoms with van der Waals surface area (Å²) >= 11 is 0. The first kappa shape index (κ1) is 15.4. The molecule has 0 heterocycles. The molecule has 0 bridgehead atoms. The largest absolute Gasteiger partial charge is 0.280 e. The lowest BCUT2D eigenvalue weighted by Crippen LogP contribution is -1.89. The molecular formula is C20H14N2O2. The predicted molar refractivity (Wildman–Crippen MR) is 96.4 cm³/mol. The molecule has 3 rings (SSSR count). The van der Waals surface area contributed by atoms with Crippen molar-refractivity contribution >= 4 is 22.7 Å². The zero-order chi connectivity index (χ0) is 16.8. The maximum absolute atomic E-state index is 10.7. The van der Waals surface area contributed by atoms with Crippen LogP contribution in [0.25, 0.3) is 10.8 Å². The van der Waals surface area contributed by atoms with Crippen molar-refractivity contribution in [2.24, 2.45) is 4.99 Å². The van der Waals surface area contributed by atoms with E-state index in [1.165, 1.54) is 12.1 Å². The molecule has 0 fully saturated rings. The van der Waals surface area contributed by atoms with Crippen molar-refractivity contribution in [2.75, 3.05) is 6.54 Å². The first-order chi connectivity index (χ1) is 11.7. The molecule has 3 aromatic rings. The summed E-state index contributed by atoms with van der Waals surface area (Å²) in [5, 5.41) is 13.0. The number of rotatable bonds is 3. The Morgan fingerprint density at radius 2 is 1.83 bits per heavy atom. The fraction of sp³-hybridized carbons (Fsp3) is 0.0500. The highest BCUT2D eigenvalue weighted by Crippen LogP contribution is 2.17. The van der Waals surface area contributed by atoms with Gasteiger partial charge in [0.1, 0.15) is 6.54 Å². The maximum Gasteiger partial charge on any atom is 0.270 e. The first-order valence-corrected chi connectivity index (χ1v) is 7.45. The SMILES string of the molecule is O=[N+]([O-])c1cccc(C=NCC#Cc2cccc3ccccc23)c1. The van der Waals surface area contributed by atoms with Crippen molar-refractivity contribution in [1.29, 1.82) is 0 Å². The van der Waals surface area contributed by atoms with Gasteiger partial charge in [-0.2, -0.15) is 0 Å². The first-order valence-electron chi connectivity index (χ1n) is 7.45. The van der Waals surface area contributed by atoms with E-state index >= 15 is 0 Å². The van der Waals surface area contributed by atoms with Crippen LogP contribution in [-0.2, 0) is 0 Å². The number of aliphatic imine (C=N–C) groups is 1. The molecule has 0 unspecified atom stereocenters. The van der Waals surface area contributed by atoms with Gasteiger partial charge in [0.05, 0.1) is 4.92 Å². The van der Waals surface area contributed by atoms with Crippen molar-refractivity contribution in [2.45, 2.75) is 0 Å². The molecule has 0 aliphatic heterocycles. The van der Waals surface area contributed by atoms with E-state index in [0.717, 1.165) is 16.3 Å². The normalized spacial score (nSPS) is 10.5. The van der Waals surface area contributed by atoms with Crippen LogP contribution in [0.5, 0.6) is 0 Å². The third kappa shape index (κ3) is 3.65. The van der Waals surface area contributed by atoms with Gasteiger partial charge in [0.2, 0.25) is 0 Å². The number of nitrogens with zero attached hydrogens (tertiary/aromatic N) is 2. The van der Waals surface area contributed by atoms with E-state index in [1.807, 2.05) is 30.3 Å². The average Bonchev–Trinajstić information content (AvgIpc) is 2.62. The Balaban J connectivity index is 1.72. The molecule has 0 N–H and O–H groups in total. The molecule has 0 amide bonds. The molecule has 3 aromatic carbocycles. The number of hydrogen-bond acceptors (Lipinski definition) is 3. The predicted octanol–water partition coefficient (Wildman–Crippen LogP) is 4.22. The van der Waals surface area contributed by atoms with Crippen LogP contribution in [-0.4, -0.2) is 17.7 Å². The molecule has 0 saturated carbocycles. The minimum Gasteiger partial charge on any atom is -0.280 e. The summed E-state index contributed by atoms with van der Waals surface area (Å²) in [5.41, 5.74) is 1.72. The lowest BCUT2D eigenvalue weighted by atomic mass is 10.1. The van der Waals surface area contributed by atoms with E-state index in [-0.39, 0.29) is 5.69 Å². The molecule has 4 heteroatoms. The van der Waals surface area contributed by atoms with Crippen molar-refractivity contribution in [3.63, 3.8) is 0 Å². The molecule has 116 valence electrons. The third-order valence-corrected chi connectivity index (χ3v) is 3.50. The Labute approximate surface area is 139 Å². The Bertz CT molecular complexity index is 976. The summed E-state index contributed by atoms with van der Waals surface area (Å²) in [7, 11) is 0. The highest BCUT2D eigenvalue weighted by molar-refractivity contribution is 5.88. The number of hydrogen-bond donors (Lipinski definition) is 0. The van der Waals surface area contributed by atoms with Crippen molar-refractivity contribution in [3.05, 3.63) is 88.0 Å². The lowest BCUT2D eigenvalue weighted by Gasteiger charge is -1.99. The summed E-state index contributed by atoms with van der Waals surface area (Å²) in [4.78, 5) is 14.5. The van der Waals surface area contributed by atoms with Crippen LogP contribution in [0.2, 0.25) is 0 Å². The number of fused-ring (bicyclic) bond motifs is 1. The van der Waals surface area contributed by atoms with Gasteiger partial charge in [-0.25, -0.2) is 0 Å². The van der Waals surface area contributed by atoms with Gasteiger partial charge in [-0.05, 0) is 22.4 Å². The summed E-state index contributed by atoms with van der Waals surface area (Å²) in [5.74, 6) is 6.15. The van der Waals surface area contributed by atoms with Crippen molar-refractivity contribution < 1.29 is 4.92 Å². The van der Waals surface area contributed by atoms with Crippen LogP contribution in [0.15, 0.2) is 71.7 Å². The van der Waals surface area contributed by atoms with Crippen molar-refractivity contribution in [1.82, 2.24) is 0 Å². The van der Waals surface area contributed by atoms with E-state index < -0.39 is 4.92 Å². The Morgan fingerprint density at radius 1 is 1.04 bits per heavy atom. The van der Waals surface area contributed by atoms with Gasteiger partial charge in [-0.15, -0.1) is 0 Å². The van der Waals surface area contributed by atoms with Gasteiger partial charge in [0.15, 0.2) is 0 Å². The van der Waals surface area contributed by atoms with E-state index in [4.69, 9.17) is 0 Å². The monoisotopic (exact) mass is 314 g/mol. The highest BCUT2D eigenvalue weighted by Gasteiger charge is 2.03. The Morgan fingerprint density at radius 3 is 2.71 bits per heavy atom. The number of benzene rings is 3. The third-order valence-electron chi connectivity index (χ3n) is 3.50. The van der Waals surface area contributed by atoms with Gasteiger partial charge in [-0.3, -0.25) is 15.1 Å². The van der Waals surface area contributed by atoms with Gasteiger partial charge < -0.3 is 0 Å². The van der Waals surface area contributed by atoms with Gasteiger partial charge in [-0.1, -0.05) is 60.4 Å². The van der Waals surface area contributed by atoms with Gasteiger partial charge >= 0.3 is 0 Å². The van der Waals surface area contributed by atoms with E-state index in [0.29, 0.717) is 12.1 Å². The molecule has 0 saturated heterocycles. The molecule has 0 aliphatic carbocycles. The molecule has 4 nitrogen and oxygen atoms in total. The smallest absolute Gasteiger partial charge is 0.270 e. The van der Waals surface area contributed by atoms with Crippen molar-refractivity contribution in [3.8, 4) is 11.8 Å². The second-order valence-corrected chi connectivity index (χ2v) is 5.15. The van der Waals surface area contributed by atoms with Crippen LogP contribution in [0, 0.1) is 22.0 Å². The molecule has 0 spiro atoms. The van der Waals surface area contributed by atoms with E-state index in [9.17, 15) is 10.1 Å². The zero-order valence-corrected chi connectivity index (χ0v) is 12.8. The Kier molecular flexibility index (Phi) is 4.64. The molecular weight excluding hydrogens is 300 g/mol. The standard InChI is InChI=1S/C20H14N2O2/c23-22(24)19-11-3-6-16(14-19)15-21-13-5-10-18-9-4-8-17-7-1-2-12-20(17)18/h1-4,6-9,11-12,14-15H,13H2. The van der Waals surface area contributed by atoms with Crippen LogP contribution in [0.1, 0.15) is 11.1 Å². The number of nitro groups is 1. The average molecular weight is 314 g/mol. The summed E-state index contributed by atoms with van der Waals surface area (Å²) in [6.07, 6.45) is 1.60. The van der Waals surface area contributed by atoms with Crippen LogP contribution >= 0.6 is 0 Å². The fourth-order valence-electron chi connectivity index (χ4n) is 2.38. The summed E-state index contributed by atoms with van der Waals surface area (Å²) in [6.45, 7) is 0.339. The quantitative estimate of drug-likeness (QED) is 0.314. The van der Waals surface area contributed by atoms with Gasteiger partial charge in [0.25, 0.3) is 5.69 Å². The molecule has 24 heavy (non-hydrogen) atoms. The molecule has 0 radical (unpaired) electrons. The van der Waals surface area contributed by atoms with E-state index in [1.54, 1.807) is 18.3 Å².